The molecular formula is C12H20ClN7S. The number of hydrogen-bond donors (Lipinski definition) is 1. The predicted molar refractivity (Wildman–Crippen MR) is 83.7 cm³/mol. The van der Waals surface area contributed by atoms with Crippen molar-refractivity contribution in [3.05, 3.63) is 18.0 Å². The van der Waals surface area contributed by atoms with E-state index >= 15 is 0 Å². The van der Waals surface area contributed by atoms with Crippen LogP contribution in [0.25, 0.3) is 0 Å². The highest BCUT2D eigenvalue weighted by Gasteiger charge is 2.21. The Hall–Kier alpha value is -1.12. The van der Waals surface area contributed by atoms with Gasteiger partial charge >= 0.3 is 0 Å². The lowest BCUT2D eigenvalue weighted by atomic mass is 9.97. The predicted octanol–water partition coefficient (Wildman–Crippen LogP) is 1.12. The van der Waals surface area contributed by atoms with Gasteiger partial charge in [0.1, 0.15) is 18.0 Å². The molecule has 1 N–H and O–H groups in total. The van der Waals surface area contributed by atoms with Crippen LogP contribution in [0.3, 0.4) is 0 Å². The van der Waals surface area contributed by atoms with Gasteiger partial charge in [-0.1, -0.05) is 11.8 Å². The van der Waals surface area contributed by atoms with Gasteiger partial charge in [-0.3, -0.25) is 0 Å². The summed E-state index contributed by atoms with van der Waals surface area (Å²) in [6.45, 7) is 2.14. The molecule has 1 fully saturated rings. The largest absolute Gasteiger partial charge is 0.320 e. The minimum atomic E-state index is 0. The molecule has 2 aromatic heterocycles. The third-order valence-electron chi connectivity index (χ3n) is 3.71. The Balaban J connectivity index is 0.00000161. The Bertz CT molecular complexity index is 576. The zero-order valence-electron chi connectivity index (χ0n) is 12.2. The number of rotatable bonds is 4. The van der Waals surface area contributed by atoms with Crippen LogP contribution in [0.15, 0.2) is 11.5 Å². The number of aryl methyl sites for hydroxylation is 1. The number of nitrogens with zero attached hydrogens (tertiary/aromatic N) is 6. The normalized spacial score (nSPS) is 15.9. The quantitative estimate of drug-likeness (QED) is 0.848. The summed E-state index contributed by atoms with van der Waals surface area (Å²) in [5.74, 6) is 3.33. The second-order valence-electron chi connectivity index (χ2n) is 5.07. The van der Waals surface area contributed by atoms with Crippen LogP contribution in [0.2, 0.25) is 0 Å². The molecule has 7 nitrogen and oxygen atoms in total. The molecule has 9 heteroatoms. The fourth-order valence-electron chi connectivity index (χ4n) is 2.45. The molecule has 1 saturated heterocycles. The molecular weight excluding hydrogens is 310 g/mol. The molecule has 3 rings (SSSR count). The summed E-state index contributed by atoms with van der Waals surface area (Å²) in [7, 11) is 4.00. The van der Waals surface area contributed by atoms with Crippen LogP contribution in [0.4, 0.5) is 0 Å². The van der Waals surface area contributed by atoms with Crippen molar-refractivity contribution in [1.29, 1.82) is 0 Å². The molecule has 0 spiro atoms. The number of aromatic nitrogens is 6. The van der Waals surface area contributed by atoms with Crippen LogP contribution in [0, 0.1) is 0 Å². The Kier molecular flexibility index (Phi) is 5.60. The van der Waals surface area contributed by atoms with Gasteiger partial charge in [0, 0.05) is 20.0 Å². The summed E-state index contributed by atoms with van der Waals surface area (Å²) >= 11 is 1.65. The number of halogens is 1. The SMILES string of the molecule is Cl.Cn1cnnc1CSc1nnc(C2CCNCC2)n1C. The van der Waals surface area contributed by atoms with Crippen LogP contribution >= 0.6 is 24.2 Å². The Labute approximate surface area is 134 Å². The van der Waals surface area contributed by atoms with Crippen LogP contribution in [-0.4, -0.2) is 42.6 Å². The molecule has 0 bridgehead atoms. The molecule has 0 radical (unpaired) electrons. The molecule has 21 heavy (non-hydrogen) atoms. The average molecular weight is 330 g/mol. The van der Waals surface area contributed by atoms with Crippen molar-refractivity contribution in [2.24, 2.45) is 14.1 Å². The highest BCUT2D eigenvalue weighted by molar-refractivity contribution is 7.98. The van der Waals surface area contributed by atoms with E-state index in [2.05, 4.69) is 37.3 Å². The maximum Gasteiger partial charge on any atom is 0.191 e. The second-order valence-corrected chi connectivity index (χ2v) is 6.01. The minimum absolute atomic E-state index is 0. The van der Waals surface area contributed by atoms with Crippen molar-refractivity contribution in [2.45, 2.75) is 29.7 Å². The average Bonchev–Trinajstić information content (AvgIpc) is 3.04. The lowest BCUT2D eigenvalue weighted by molar-refractivity contribution is 0.434. The van der Waals surface area contributed by atoms with Crippen LogP contribution < -0.4 is 5.32 Å². The maximum atomic E-state index is 4.38. The highest BCUT2D eigenvalue weighted by atomic mass is 35.5. The maximum absolute atomic E-state index is 4.38. The Morgan fingerprint density at radius 1 is 1.24 bits per heavy atom. The first-order valence-corrected chi connectivity index (χ1v) is 7.80. The monoisotopic (exact) mass is 329 g/mol. The molecule has 0 aliphatic carbocycles. The minimum Gasteiger partial charge on any atom is -0.320 e. The van der Waals surface area contributed by atoms with E-state index in [4.69, 9.17) is 0 Å². The summed E-state index contributed by atoms with van der Waals surface area (Å²) in [6, 6.07) is 0. The molecule has 0 amide bonds. The van der Waals surface area contributed by atoms with E-state index in [1.54, 1.807) is 18.1 Å². The zero-order valence-corrected chi connectivity index (χ0v) is 13.8. The van der Waals surface area contributed by atoms with Gasteiger partial charge in [-0.05, 0) is 25.9 Å². The van der Waals surface area contributed by atoms with Crippen molar-refractivity contribution in [3.8, 4) is 0 Å². The van der Waals surface area contributed by atoms with Crippen molar-refractivity contribution in [2.75, 3.05) is 13.1 Å². The van der Waals surface area contributed by atoms with E-state index in [0.29, 0.717) is 5.92 Å². The van der Waals surface area contributed by atoms with Gasteiger partial charge < -0.3 is 14.5 Å². The number of thioether (sulfide) groups is 1. The Morgan fingerprint density at radius 2 is 2.00 bits per heavy atom. The van der Waals surface area contributed by atoms with Gasteiger partial charge in [0.05, 0.1) is 5.75 Å². The summed E-state index contributed by atoms with van der Waals surface area (Å²) < 4.78 is 4.05. The van der Waals surface area contributed by atoms with Crippen molar-refractivity contribution in [1.82, 2.24) is 34.8 Å². The van der Waals surface area contributed by atoms with Gasteiger partial charge in [0.2, 0.25) is 0 Å². The first kappa shape index (κ1) is 16.3. The summed E-state index contributed by atoms with van der Waals surface area (Å²) in [6.07, 6.45) is 3.99. The molecule has 0 atom stereocenters. The third-order valence-corrected chi connectivity index (χ3v) is 4.72. The standard InChI is InChI=1S/C12H19N7S.ClH/c1-18-8-14-15-10(18)7-20-12-17-16-11(19(12)2)9-3-5-13-6-4-9;/h8-9,13H,3-7H2,1-2H3;1H. The zero-order chi connectivity index (χ0) is 13.9. The first-order chi connectivity index (χ1) is 9.75. The molecule has 3 heterocycles. The molecule has 0 saturated carbocycles. The number of hydrogen-bond acceptors (Lipinski definition) is 6. The third kappa shape index (κ3) is 3.56. The van der Waals surface area contributed by atoms with Gasteiger partial charge in [0.25, 0.3) is 0 Å². The van der Waals surface area contributed by atoms with Crippen LogP contribution in [-0.2, 0) is 19.8 Å². The van der Waals surface area contributed by atoms with Crippen LogP contribution in [0.1, 0.15) is 30.4 Å². The molecule has 2 aromatic rings. The number of nitrogens with one attached hydrogen (secondary N) is 1. The van der Waals surface area contributed by atoms with Gasteiger partial charge in [0.15, 0.2) is 5.16 Å². The van der Waals surface area contributed by atoms with Gasteiger partial charge in [-0.25, -0.2) is 0 Å². The van der Waals surface area contributed by atoms with Crippen molar-refractivity contribution >= 4 is 24.2 Å². The van der Waals surface area contributed by atoms with E-state index in [1.807, 2.05) is 11.6 Å². The molecule has 1 aliphatic heterocycles. The van der Waals surface area contributed by atoms with Crippen LogP contribution in [0.5, 0.6) is 0 Å². The number of piperidine rings is 1. The van der Waals surface area contributed by atoms with Gasteiger partial charge in [-0.15, -0.1) is 32.8 Å². The topological polar surface area (TPSA) is 73.4 Å². The van der Waals surface area contributed by atoms with E-state index < -0.39 is 0 Å². The first-order valence-electron chi connectivity index (χ1n) is 6.81. The Morgan fingerprint density at radius 3 is 2.67 bits per heavy atom. The van der Waals surface area contributed by atoms with E-state index in [1.165, 1.54) is 0 Å². The van der Waals surface area contributed by atoms with Crippen molar-refractivity contribution in [3.63, 3.8) is 0 Å². The fraction of sp³-hybridized carbons (Fsp3) is 0.667. The van der Waals surface area contributed by atoms with Crippen molar-refractivity contribution < 1.29 is 0 Å². The summed E-state index contributed by atoms with van der Waals surface area (Å²) in [5.41, 5.74) is 0. The van der Waals surface area contributed by atoms with E-state index in [-0.39, 0.29) is 12.4 Å². The summed E-state index contributed by atoms with van der Waals surface area (Å²) in [4.78, 5) is 0. The van der Waals surface area contributed by atoms with E-state index in [9.17, 15) is 0 Å². The van der Waals surface area contributed by atoms with E-state index in [0.717, 1.165) is 48.5 Å². The molecule has 0 unspecified atom stereocenters. The second kappa shape index (κ2) is 7.24. The highest BCUT2D eigenvalue weighted by Crippen LogP contribution is 2.27. The lowest BCUT2D eigenvalue weighted by Crippen LogP contribution is -2.27. The lowest BCUT2D eigenvalue weighted by Gasteiger charge is -2.21. The van der Waals surface area contributed by atoms with Gasteiger partial charge in [-0.2, -0.15) is 0 Å². The summed E-state index contributed by atoms with van der Waals surface area (Å²) in [5, 5.41) is 21.0. The molecule has 1 aliphatic rings. The smallest absolute Gasteiger partial charge is 0.191 e. The molecule has 0 aromatic carbocycles. The fourth-order valence-corrected chi connectivity index (χ4v) is 3.36. The molecule has 116 valence electrons.